The molecule has 0 aromatic heterocycles. The first-order valence-electron chi connectivity index (χ1n) is 5.86. The second-order valence-electron chi connectivity index (χ2n) is 4.42. The molecule has 1 amide bonds. The molecule has 0 aliphatic heterocycles. The SMILES string of the molecule is COc1ccc(CNC(=O)OCC(C)C)cc1N. The van der Waals surface area contributed by atoms with Gasteiger partial charge in [-0.05, 0) is 23.6 Å². The zero-order valence-electron chi connectivity index (χ0n) is 11.0. The predicted octanol–water partition coefficient (Wildman–Crippen LogP) is 2.16. The lowest BCUT2D eigenvalue weighted by atomic mass is 10.2. The lowest BCUT2D eigenvalue weighted by molar-refractivity contribution is 0.132. The zero-order chi connectivity index (χ0) is 13.5. The van der Waals surface area contributed by atoms with Gasteiger partial charge in [0.25, 0.3) is 0 Å². The number of amides is 1. The summed E-state index contributed by atoms with van der Waals surface area (Å²) >= 11 is 0. The fourth-order valence-electron chi connectivity index (χ4n) is 1.36. The van der Waals surface area contributed by atoms with Gasteiger partial charge in [-0.15, -0.1) is 0 Å². The van der Waals surface area contributed by atoms with Gasteiger partial charge in [-0.25, -0.2) is 4.79 Å². The first-order valence-corrected chi connectivity index (χ1v) is 5.86. The fraction of sp³-hybridized carbons (Fsp3) is 0.462. The Morgan fingerprint density at radius 1 is 1.44 bits per heavy atom. The third kappa shape index (κ3) is 4.53. The van der Waals surface area contributed by atoms with Crippen molar-refractivity contribution in [3.8, 4) is 5.75 Å². The van der Waals surface area contributed by atoms with E-state index in [1.807, 2.05) is 19.9 Å². The molecular formula is C13H20N2O3. The van der Waals surface area contributed by atoms with E-state index in [1.165, 1.54) is 0 Å². The molecule has 5 heteroatoms. The minimum absolute atomic E-state index is 0.326. The molecule has 5 nitrogen and oxygen atoms in total. The summed E-state index contributed by atoms with van der Waals surface area (Å²) in [5.74, 6) is 0.952. The van der Waals surface area contributed by atoms with Crippen LogP contribution >= 0.6 is 0 Å². The van der Waals surface area contributed by atoms with Crippen LogP contribution in [0.1, 0.15) is 19.4 Å². The van der Waals surface area contributed by atoms with E-state index in [2.05, 4.69) is 5.32 Å². The molecule has 0 spiro atoms. The zero-order valence-corrected chi connectivity index (χ0v) is 11.0. The van der Waals surface area contributed by atoms with Crippen molar-refractivity contribution in [1.29, 1.82) is 0 Å². The molecule has 0 bridgehead atoms. The quantitative estimate of drug-likeness (QED) is 0.787. The second kappa shape index (κ2) is 6.74. The van der Waals surface area contributed by atoms with E-state index in [0.717, 1.165) is 5.56 Å². The van der Waals surface area contributed by atoms with Gasteiger partial charge >= 0.3 is 6.09 Å². The van der Waals surface area contributed by atoms with Gasteiger partial charge in [-0.2, -0.15) is 0 Å². The number of ether oxygens (including phenoxy) is 2. The van der Waals surface area contributed by atoms with Crippen LogP contribution in [-0.2, 0) is 11.3 Å². The largest absolute Gasteiger partial charge is 0.495 e. The summed E-state index contributed by atoms with van der Waals surface area (Å²) in [6.45, 7) is 4.76. The van der Waals surface area contributed by atoms with E-state index < -0.39 is 6.09 Å². The summed E-state index contributed by atoms with van der Waals surface area (Å²) in [7, 11) is 1.56. The van der Waals surface area contributed by atoms with Crippen LogP contribution in [0.2, 0.25) is 0 Å². The molecule has 1 aromatic carbocycles. The minimum Gasteiger partial charge on any atom is -0.495 e. The highest BCUT2D eigenvalue weighted by atomic mass is 16.5. The molecule has 0 aliphatic carbocycles. The van der Waals surface area contributed by atoms with E-state index in [4.69, 9.17) is 15.2 Å². The molecule has 0 saturated carbocycles. The molecule has 0 fully saturated rings. The highest BCUT2D eigenvalue weighted by molar-refractivity contribution is 5.67. The van der Waals surface area contributed by atoms with Gasteiger partial charge in [0.05, 0.1) is 19.4 Å². The first-order chi connectivity index (χ1) is 8.52. The van der Waals surface area contributed by atoms with Gasteiger partial charge in [0, 0.05) is 6.54 Å². The molecule has 0 radical (unpaired) electrons. The summed E-state index contributed by atoms with van der Waals surface area (Å²) in [6.07, 6.45) is -0.418. The third-order valence-corrected chi connectivity index (χ3v) is 2.28. The summed E-state index contributed by atoms with van der Waals surface area (Å²) in [5, 5.41) is 2.66. The van der Waals surface area contributed by atoms with E-state index >= 15 is 0 Å². The Morgan fingerprint density at radius 3 is 2.72 bits per heavy atom. The van der Waals surface area contributed by atoms with Gasteiger partial charge in [0.15, 0.2) is 0 Å². The van der Waals surface area contributed by atoms with E-state index in [9.17, 15) is 4.79 Å². The normalized spacial score (nSPS) is 10.2. The van der Waals surface area contributed by atoms with Gasteiger partial charge in [-0.1, -0.05) is 19.9 Å². The van der Waals surface area contributed by atoms with Crippen LogP contribution in [0.4, 0.5) is 10.5 Å². The number of methoxy groups -OCH3 is 1. The van der Waals surface area contributed by atoms with Crippen molar-refractivity contribution in [1.82, 2.24) is 5.32 Å². The maximum absolute atomic E-state index is 11.3. The molecular weight excluding hydrogens is 232 g/mol. The van der Waals surface area contributed by atoms with Crippen molar-refractivity contribution in [2.45, 2.75) is 20.4 Å². The fourth-order valence-corrected chi connectivity index (χ4v) is 1.36. The van der Waals surface area contributed by atoms with Crippen molar-refractivity contribution in [3.63, 3.8) is 0 Å². The number of benzene rings is 1. The topological polar surface area (TPSA) is 73.6 Å². The molecule has 0 saturated heterocycles. The van der Waals surface area contributed by atoms with E-state index in [-0.39, 0.29) is 0 Å². The standard InChI is InChI=1S/C13H20N2O3/c1-9(2)8-18-13(16)15-7-10-4-5-12(17-3)11(14)6-10/h4-6,9H,7-8,14H2,1-3H3,(H,15,16). The number of nitrogens with two attached hydrogens (primary N) is 1. The maximum atomic E-state index is 11.3. The Balaban J connectivity index is 2.43. The average molecular weight is 252 g/mol. The highest BCUT2D eigenvalue weighted by Crippen LogP contribution is 2.21. The van der Waals surface area contributed by atoms with E-state index in [0.29, 0.717) is 30.5 Å². The monoisotopic (exact) mass is 252 g/mol. The highest BCUT2D eigenvalue weighted by Gasteiger charge is 2.05. The Morgan fingerprint density at radius 2 is 2.17 bits per heavy atom. The first kappa shape index (κ1) is 14.2. The Labute approximate surface area is 107 Å². The number of carbonyl (C=O) groups excluding carboxylic acids is 1. The lowest BCUT2D eigenvalue weighted by Crippen LogP contribution is -2.25. The molecule has 18 heavy (non-hydrogen) atoms. The molecule has 0 heterocycles. The van der Waals surface area contributed by atoms with Crippen LogP contribution in [0.3, 0.4) is 0 Å². The van der Waals surface area contributed by atoms with Crippen LogP contribution in [0, 0.1) is 5.92 Å². The Kier molecular flexibility index (Phi) is 5.30. The van der Waals surface area contributed by atoms with Crippen LogP contribution < -0.4 is 15.8 Å². The van der Waals surface area contributed by atoms with Crippen molar-refractivity contribution in [2.24, 2.45) is 5.92 Å². The van der Waals surface area contributed by atoms with Gasteiger partial charge < -0.3 is 20.5 Å². The molecule has 0 atom stereocenters. The van der Waals surface area contributed by atoms with Crippen LogP contribution in [0.5, 0.6) is 5.75 Å². The summed E-state index contributed by atoms with van der Waals surface area (Å²) in [5.41, 5.74) is 7.21. The van der Waals surface area contributed by atoms with Gasteiger partial charge in [0.1, 0.15) is 5.75 Å². The minimum atomic E-state index is -0.418. The summed E-state index contributed by atoms with van der Waals surface area (Å²) in [4.78, 5) is 11.3. The van der Waals surface area contributed by atoms with Crippen LogP contribution in [-0.4, -0.2) is 19.8 Å². The number of alkyl carbamates (subject to hydrolysis) is 1. The van der Waals surface area contributed by atoms with Gasteiger partial charge in [0.2, 0.25) is 0 Å². The lowest BCUT2D eigenvalue weighted by Gasteiger charge is -2.10. The number of hydrogen-bond donors (Lipinski definition) is 2. The Bertz CT molecular complexity index is 405. The van der Waals surface area contributed by atoms with Crippen molar-refractivity contribution >= 4 is 11.8 Å². The summed E-state index contributed by atoms with van der Waals surface area (Å²) in [6, 6.07) is 5.38. The molecule has 0 unspecified atom stereocenters. The number of carbonyl (C=O) groups is 1. The predicted molar refractivity (Wildman–Crippen MR) is 70.4 cm³/mol. The van der Waals surface area contributed by atoms with Crippen molar-refractivity contribution in [2.75, 3.05) is 19.5 Å². The third-order valence-electron chi connectivity index (χ3n) is 2.28. The summed E-state index contributed by atoms with van der Waals surface area (Å²) < 4.78 is 10.0. The van der Waals surface area contributed by atoms with Crippen LogP contribution in [0.25, 0.3) is 0 Å². The van der Waals surface area contributed by atoms with Gasteiger partial charge in [-0.3, -0.25) is 0 Å². The molecule has 0 aliphatic rings. The molecule has 1 rings (SSSR count). The van der Waals surface area contributed by atoms with Crippen molar-refractivity contribution < 1.29 is 14.3 Å². The number of nitrogen functional groups attached to an aromatic ring is 1. The maximum Gasteiger partial charge on any atom is 0.407 e. The second-order valence-corrected chi connectivity index (χ2v) is 4.42. The van der Waals surface area contributed by atoms with Crippen LogP contribution in [0.15, 0.2) is 18.2 Å². The number of rotatable bonds is 5. The Hall–Kier alpha value is -1.91. The number of anilines is 1. The molecule has 3 N–H and O–H groups in total. The molecule has 100 valence electrons. The number of nitrogens with one attached hydrogen (secondary N) is 1. The molecule has 1 aromatic rings. The smallest absolute Gasteiger partial charge is 0.407 e. The van der Waals surface area contributed by atoms with Crippen molar-refractivity contribution in [3.05, 3.63) is 23.8 Å². The number of hydrogen-bond acceptors (Lipinski definition) is 4. The average Bonchev–Trinajstić information content (AvgIpc) is 2.34. The van der Waals surface area contributed by atoms with E-state index in [1.54, 1.807) is 19.2 Å².